The van der Waals surface area contributed by atoms with Gasteiger partial charge in [-0.3, -0.25) is 0 Å². The Bertz CT molecular complexity index is 706. The third-order valence-electron chi connectivity index (χ3n) is 2.22. The third kappa shape index (κ3) is 2.39. The molecule has 0 saturated carbocycles. The average Bonchev–Trinajstić information content (AvgIpc) is 2.95. The Hall–Kier alpha value is -2.09. The van der Waals surface area contributed by atoms with E-state index >= 15 is 0 Å². The zero-order valence-corrected chi connectivity index (χ0v) is 9.96. The van der Waals surface area contributed by atoms with E-state index in [-0.39, 0.29) is 17.0 Å². The number of aromatic nitrogens is 2. The first-order valence-corrected chi connectivity index (χ1v) is 5.96. The number of fused-ring (bicyclic) bond motifs is 1. The molecule has 0 radical (unpaired) electrons. The second kappa shape index (κ2) is 4.23. The number of halogens is 3. The van der Waals surface area contributed by atoms with Crippen molar-refractivity contribution in [2.75, 3.05) is 0 Å². The Balaban J connectivity index is 2.10. The zero-order valence-electron chi connectivity index (χ0n) is 9.14. The van der Waals surface area contributed by atoms with Gasteiger partial charge in [0, 0.05) is 11.6 Å². The van der Waals surface area contributed by atoms with E-state index in [0.29, 0.717) is 5.01 Å². The number of benzene rings is 1. The maximum atomic E-state index is 12.3. The SMILES string of the molecule is FC(F)(F)Oc1cccc2oc(-c3nccs3)nc12. The minimum atomic E-state index is -4.77. The molecule has 1 aromatic carbocycles. The fourth-order valence-corrected chi connectivity index (χ4v) is 2.11. The lowest BCUT2D eigenvalue weighted by atomic mass is 10.3. The minimum absolute atomic E-state index is 0.0185. The first kappa shape index (κ1) is 12.0. The molecule has 4 nitrogen and oxygen atoms in total. The van der Waals surface area contributed by atoms with E-state index in [9.17, 15) is 13.2 Å². The highest BCUT2D eigenvalue weighted by Crippen LogP contribution is 2.33. The summed E-state index contributed by atoms with van der Waals surface area (Å²) in [5.74, 6) is -0.222. The van der Waals surface area contributed by atoms with Gasteiger partial charge in [0.15, 0.2) is 21.9 Å². The summed E-state index contributed by atoms with van der Waals surface area (Å²) in [7, 11) is 0. The van der Waals surface area contributed by atoms with Crippen LogP contribution in [-0.2, 0) is 0 Å². The summed E-state index contributed by atoms with van der Waals surface area (Å²) in [4.78, 5) is 7.98. The van der Waals surface area contributed by atoms with Crippen molar-refractivity contribution in [3.63, 3.8) is 0 Å². The van der Waals surface area contributed by atoms with Crippen LogP contribution in [0.2, 0.25) is 0 Å². The molecule has 0 bridgehead atoms. The van der Waals surface area contributed by atoms with Crippen molar-refractivity contribution in [1.82, 2.24) is 9.97 Å². The van der Waals surface area contributed by atoms with Gasteiger partial charge in [-0.25, -0.2) is 9.97 Å². The smallest absolute Gasteiger partial charge is 0.434 e. The fourth-order valence-electron chi connectivity index (χ4n) is 1.55. The largest absolute Gasteiger partial charge is 0.573 e. The first-order chi connectivity index (χ1) is 9.03. The fraction of sp³-hybridized carbons (Fsp3) is 0.0909. The second-order valence-corrected chi connectivity index (χ2v) is 4.40. The summed E-state index contributed by atoms with van der Waals surface area (Å²) in [5, 5.41) is 2.21. The molecule has 0 saturated heterocycles. The van der Waals surface area contributed by atoms with Crippen LogP contribution in [0.4, 0.5) is 13.2 Å². The molecule has 3 aromatic rings. The Labute approximate surface area is 108 Å². The van der Waals surface area contributed by atoms with Crippen LogP contribution in [0.1, 0.15) is 0 Å². The van der Waals surface area contributed by atoms with Crippen LogP contribution in [0, 0.1) is 0 Å². The van der Waals surface area contributed by atoms with Gasteiger partial charge >= 0.3 is 6.36 Å². The van der Waals surface area contributed by atoms with Crippen molar-refractivity contribution < 1.29 is 22.3 Å². The van der Waals surface area contributed by atoms with E-state index in [4.69, 9.17) is 4.42 Å². The van der Waals surface area contributed by atoms with Crippen LogP contribution < -0.4 is 4.74 Å². The second-order valence-electron chi connectivity index (χ2n) is 3.51. The van der Waals surface area contributed by atoms with Crippen LogP contribution in [-0.4, -0.2) is 16.3 Å². The Morgan fingerprint density at radius 3 is 2.79 bits per heavy atom. The van der Waals surface area contributed by atoms with E-state index in [0.717, 1.165) is 0 Å². The molecule has 19 heavy (non-hydrogen) atoms. The molecule has 2 aromatic heterocycles. The predicted octanol–water partition coefficient (Wildman–Crippen LogP) is 3.85. The Morgan fingerprint density at radius 2 is 2.11 bits per heavy atom. The molecule has 0 aliphatic rings. The number of rotatable bonds is 2. The molecular formula is C11H5F3N2O2S. The molecule has 98 valence electrons. The van der Waals surface area contributed by atoms with Crippen molar-refractivity contribution in [1.29, 1.82) is 0 Å². The van der Waals surface area contributed by atoms with Gasteiger partial charge in [-0.2, -0.15) is 0 Å². The highest BCUT2D eigenvalue weighted by atomic mass is 32.1. The molecule has 0 amide bonds. The molecule has 0 aliphatic heterocycles. The van der Waals surface area contributed by atoms with Crippen molar-refractivity contribution in [3.8, 4) is 16.6 Å². The molecule has 8 heteroatoms. The molecular weight excluding hydrogens is 281 g/mol. The zero-order chi connectivity index (χ0) is 13.5. The van der Waals surface area contributed by atoms with Crippen LogP contribution in [0.5, 0.6) is 5.75 Å². The molecule has 0 spiro atoms. The Kier molecular flexibility index (Phi) is 2.67. The number of thiazole rings is 1. The van der Waals surface area contributed by atoms with Crippen LogP contribution in [0.15, 0.2) is 34.2 Å². The van der Waals surface area contributed by atoms with Gasteiger partial charge in [0.25, 0.3) is 5.89 Å². The minimum Gasteiger partial charge on any atom is -0.434 e. The molecule has 0 fully saturated rings. The summed E-state index contributed by atoms with van der Waals surface area (Å²) in [5.41, 5.74) is 0.233. The lowest BCUT2D eigenvalue weighted by molar-refractivity contribution is -0.274. The summed E-state index contributed by atoms with van der Waals surface area (Å²) < 4.78 is 46.0. The van der Waals surface area contributed by atoms with Gasteiger partial charge in [0.1, 0.15) is 0 Å². The average molecular weight is 286 g/mol. The summed E-state index contributed by atoms with van der Waals surface area (Å²) in [6.45, 7) is 0. The van der Waals surface area contributed by atoms with Gasteiger partial charge in [0.2, 0.25) is 0 Å². The van der Waals surface area contributed by atoms with Crippen molar-refractivity contribution >= 4 is 22.4 Å². The number of ether oxygens (including phenoxy) is 1. The predicted molar refractivity (Wildman–Crippen MR) is 61.8 cm³/mol. The maximum absolute atomic E-state index is 12.3. The lowest BCUT2D eigenvalue weighted by Crippen LogP contribution is -2.17. The highest BCUT2D eigenvalue weighted by Gasteiger charge is 2.32. The summed E-state index contributed by atoms with van der Waals surface area (Å²) in [6, 6.07) is 4.10. The quantitative estimate of drug-likeness (QED) is 0.718. The van der Waals surface area contributed by atoms with Crippen molar-refractivity contribution in [3.05, 3.63) is 29.8 Å². The van der Waals surface area contributed by atoms with E-state index in [1.807, 2.05) is 0 Å². The van der Waals surface area contributed by atoms with E-state index in [2.05, 4.69) is 14.7 Å². The number of hydrogen-bond acceptors (Lipinski definition) is 5. The van der Waals surface area contributed by atoms with Gasteiger partial charge in [-0.15, -0.1) is 24.5 Å². The van der Waals surface area contributed by atoms with Crippen molar-refractivity contribution in [2.24, 2.45) is 0 Å². The Morgan fingerprint density at radius 1 is 1.26 bits per heavy atom. The van der Waals surface area contributed by atoms with Crippen LogP contribution >= 0.6 is 11.3 Å². The molecule has 0 unspecified atom stereocenters. The normalized spacial score (nSPS) is 11.9. The molecule has 0 aliphatic carbocycles. The molecule has 0 atom stereocenters. The van der Waals surface area contributed by atoms with Gasteiger partial charge in [-0.05, 0) is 12.1 Å². The van der Waals surface area contributed by atoms with Crippen LogP contribution in [0.3, 0.4) is 0 Å². The molecule has 3 rings (SSSR count). The van der Waals surface area contributed by atoms with Gasteiger partial charge < -0.3 is 9.15 Å². The maximum Gasteiger partial charge on any atom is 0.573 e. The van der Waals surface area contributed by atoms with E-state index in [1.54, 1.807) is 11.6 Å². The number of hydrogen-bond donors (Lipinski definition) is 0. The molecule has 2 heterocycles. The third-order valence-corrected chi connectivity index (χ3v) is 2.98. The standard InChI is InChI=1S/C11H5F3N2O2S/c12-11(13,14)18-7-3-1-2-6-8(7)16-9(17-6)10-15-4-5-19-10/h1-5H. The first-order valence-electron chi connectivity index (χ1n) is 5.08. The number of oxazole rings is 1. The topological polar surface area (TPSA) is 48.2 Å². The number of para-hydroxylation sites is 1. The molecule has 0 N–H and O–H groups in total. The van der Waals surface area contributed by atoms with Gasteiger partial charge in [-0.1, -0.05) is 6.07 Å². The van der Waals surface area contributed by atoms with E-state index < -0.39 is 12.1 Å². The summed E-state index contributed by atoms with van der Waals surface area (Å²) in [6.07, 6.45) is -3.21. The van der Waals surface area contributed by atoms with Crippen molar-refractivity contribution in [2.45, 2.75) is 6.36 Å². The highest BCUT2D eigenvalue weighted by molar-refractivity contribution is 7.12. The lowest BCUT2D eigenvalue weighted by Gasteiger charge is -2.07. The monoisotopic (exact) mass is 286 g/mol. The van der Waals surface area contributed by atoms with Crippen LogP contribution in [0.25, 0.3) is 22.0 Å². The number of alkyl halides is 3. The van der Waals surface area contributed by atoms with E-state index in [1.165, 1.54) is 29.5 Å². The van der Waals surface area contributed by atoms with Gasteiger partial charge in [0.05, 0.1) is 0 Å². The summed E-state index contributed by atoms with van der Waals surface area (Å²) >= 11 is 1.28. The number of nitrogens with zero attached hydrogens (tertiary/aromatic N) is 2.